The average molecular weight is 338 g/mol. The fourth-order valence-corrected chi connectivity index (χ4v) is 5.89. The van der Waals surface area contributed by atoms with Crippen molar-refractivity contribution >= 4 is 37.0 Å². The van der Waals surface area contributed by atoms with Crippen molar-refractivity contribution in [2.75, 3.05) is 23.8 Å². The molecule has 0 amide bonds. The average Bonchev–Trinajstić information content (AvgIpc) is 2.83. The Morgan fingerprint density at radius 2 is 2.05 bits per heavy atom. The number of sulfone groups is 2. The molecule has 2 aliphatic rings. The quantitative estimate of drug-likeness (QED) is 0.706. The first-order valence-electron chi connectivity index (χ1n) is 6.41. The molecule has 1 N–H and O–H groups in total. The van der Waals surface area contributed by atoms with Gasteiger partial charge in [0.1, 0.15) is 0 Å². The molecule has 0 saturated carbocycles. The standard InChI is InChI=1S/C11H18N2O4S3/c1-2-13(10-4-6-20(16,17)8-10)11(18)12-9-3-5-19(14,15)7-9/h3,5,9-10H,2,4,6-8H2,1H3,(H,12,18). The molecule has 114 valence electrons. The summed E-state index contributed by atoms with van der Waals surface area (Å²) in [6.45, 7) is 2.50. The molecule has 0 aromatic rings. The Labute approximate surface area is 125 Å². The number of thiocarbonyl (C=S) groups is 1. The van der Waals surface area contributed by atoms with Crippen LogP contribution in [0.5, 0.6) is 0 Å². The van der Waals surface area contributed by atoms with Crippen molar-refractivity contribution in [3.63, 3.8) is 0 Å². The lowest BCUT2D eigenvalue weighted by molar-refractivity contribution is 0.344. The van der Waals surface area contributed by atoms with Crippen molar-refractivity contribution in [3.8, 4) is 0 Å². The molecular weight excluding hydrogens is 320 g/mol. The Hall–Kier alpha value is -0.670. The molecule has 2 aliphatic heterocycles. The molecule has 2 heterocycles. The second-order valence-corrected chi connectivity index (χ2v) is 9.60. The topological polar surface area (TPSA) is 83.6 Å². The van der Waals surface area contributed by atoms with Crippen molar-refractivity contribution < 1.29 is 16.8 Å². The van der Waals surface area contributed by atoms with Crippen LogP contribution in [-0.2, 0) is 19.7 Å². The lowest BCUT2D eigenvalue weighted by Gasteiger charge is -2.30. The molecule has 2 atom stereocenters. The molecule has 0 spiro atoms. The van der Waals surface area contributed by atoms with Crippen LogP contribution in [0.15, 0.2) is 11.5 Å². The zero-order chi connectivity index (χ0) is 15.0. The van der Waals surface area contributed by atoms with Crippen molar-refractivity contribution in [2.45, 2.75) is 25.4 Å². The maximum Gasteiger partial charge on any atom is 0.173 e. The van der Waals surface area contributed by atoms with Gasteiger partial charge >= 0.3 is 0 Å². The molecule has 20 heavy (non-hydrogen) atoms. The molecule has 6 nitrogen and oxygen atoms in total. The Balaban J connectivity index is 1.99. The summed E-state index contributed by atoms with van der Waals surface area (Å²) in [5.41, 5.74) is 0. The van der Waals surface area contributed by atoms with Crippen LogP contribution in [0, 0.1) is 0 Å². The molecule has 9 heteroatoms. The first kappa shape index (κ1) is 15.7. The zero-order valence-electron chi connectivity index (χ0n) is 11.1. The summed E-state index contributed by atoms with van der Waals surface area (Å²) in [6.07, 6.45) is 2.14. The number of nitrogens with zero attached hydrogens (tertiary/aromatic N) is 1. The van der Waals surface area contributed by atoms with E-state index in [-0.39, 0.29) is 29.3 Å². The van der Waals surface area contributed by atoms with Gasteiger partial charge in [0, 0.05) is 18.0 Å². The molecule has 0 aromatic heterocycles. The third kappa shape index (κ3) is 3.70. The highest BCUT2D eigenvalue weighted by atomic mass is 32.2. The third-order valence-electron chi connectivity index (χ3n) is 3.49. The van der Waals surface area contributed by atoms with Gasteiger partial charge in [0.25, 0.3) is 0 Å². The number of hydrogen-bond donors (Lipinski definition) is 1. The van der Waals surface area contributed by atoms with Gasteiger partial charge in [-0.3, -0.25) is 0 Å². The van der Waals surface area contributed by atoms with Crippen LogP contribution in [0.4, 0.5) is 0 Å². The van der Waals surface area contributed by atoms with Crippen molar-refractivity contribution in [1.29, 1.82) is 0 Å². The fraction of sp³-hybridized carbons (Fsp3) is 0.727. The summed E-state index contributed by atoms with van der Waals surface area (Å²) in [5.74, 6) is 0.295. The van der Waals surface area contributed by atoms with Crippen LogP contribution >= 0.6 is 12.2 Å². The summed E-state index contributed by atoms with van der Waals surface area (Å²) in [7, 11) is -6.10. The van der Waals surface area contributed by atoms with E-state index in [0.717, 1.165) is 0 Å². The first-order valence-corrected chi connectivity index (χ1v) is 10.4. The second kappa shape index (κ2) is 5.61. The van der Waals surface area contributed by atoms with Crippen LogP contribution in [-0.4, -0.2) is 62.7 Å². The summed E-state index contributed by atoms with van der Waals surface area (Å²) in [5, 5.41) is 4.59. The van der Waals surface area contributed by atoms with E-state index < -0.39 is 19.7 Å². The van der Waals surface area contributed by atoms with Gasteiger partial charge < -0.3 is 10.2 Å². The van der Waals surface area contributed by atoms with Crippen LogP contribution in [0.2, 0.25) is 0 Å². The monoisotopic (exact) mass is 338 g/mol. The molecule has 1 saturated heterocycles. The van der Waals surface area contributed by atoms with Gasteiger partial charge in [-0.25, -0.2) is 16.8 Å². The first-order chi connectivity index (χ1) is 9.22. The normalized spacial score (nSPS) is 30.2. The Bertz CT molecular complexity index is 624. The summed E-state index contributed by atoms with van der Waals surface area (Å²) in [4.78, 5) is 1.83. The van der Waals surface area contributed by atoms with Crippen LogP contribution in [0.3, 0.4) is 0 Å². The molecule has 1 fully saturated rings. The number of hydrogen-bond acceptors (Lipinski definition) is 5. The van der Waals surface area contributed by atoms with Gasteiger partial charge in [-0.05, 0) is 31.6 Å². The lowest BCUT2D eigenvalue weighted by Crippen LogP contribution is -2.49. The van der Waals surface area contributed by atoms with Crippen LogP contribution in [0.1, 0.15) is 13.3 Å². The predicted octanol–water partition coefficient (Wildman–Crippen LogP) is -0.319. The minimum absolute atomic E-state index is 0.00629. The van der Waals surface area contributed by atoms with Gasteiger partial charge in [-0.2, -0.15) is 0 Å². The van der Waals surface area contributed by atoms with E-state index in [1.807, 2.05) is 11.8 Å². The Morgan fingerprint density at radius 3 is 2.50 bits per heavy atom. The molecule has 0 aromatic carbocycles. The van der Waals surface area contributed by atoms with E-state index in [1.165, 1.54) is 5.41 Å². The summed E-state index contributed by atoms with van der Waals surface area (Å²) in [6, 6.07) is -0.452. The highest BCUT2D eigenvalue weighted by molar-refractivity contribution is 7.94. The largest absolute Gasteiger partial charge is 0.355 e. The maximum atomic E-state index is 11.5. The SMILES string of the molecule is CCN(C(=S)NC1C=CS(=O)(=O)C1)C1CCS(=O)(=O)C1. The molecular formula is C11H18N2O4S3. The van der Waals surface area contributed by atoms with Gasteiger partial charge in [0.15, 0.2) is 24.8 Å². The van der Waals surface area contributed by atoms with Crippen molar-refractivity contribution in [2.24, 2.45) is 0 Å². The van der Waals surface area contributed by atoms with Gasteiger partial charge in [-0.15, -0.1) is 0 Å². The smallest absolute Gasteiger partial charge is 0.173 e. The maximum absolute atomic E-state index is 11.5. The van der Waals surface area contributed by atoms with E-state index in [2.05, 4.69) is 5.32 Å². The van der Waals surface area contributed by atoms with Gasteiger partial charge in [0.05, 0.1) is 23.3 Å². The highest BCUT2D eigenvalue weighted by Crippen LogP contribution is 2.18. The van der Waals surface area contributed by atoms with E-state index in [1.54, 1.807) is 6.08 Å². The van der Waals surface area contributed by atoms with E-state index in [0.29, 0.717) is 18.1 Å². The number of nitrogens with one attached hydrogen (secondary N) is 1. The van der Waals surface area contributed by atoms with Crippen molar-refractivity contribution in [1.82, 2.24) is 10.2 Å². The van der Waals surface area contributed by atoms with Crippen LogP contribution < -0.4 is 5.32 Å². The molecule has 2 unspecified atom stereocenters. The van der Waals surface area contributed by atoms with Crippen molar-refractivity contribution in [3.05, 3.63) is 11.5 Å². The minimum atomic E-state index is -3.13. The molecule has 0 aliphatic carbocycles. The summed E-state index contributed by atoms with van der Waals surface area (Å²) >= 11 is 5.29. The number of rotatable bonds is 3. The molecule has 0 bridgehead atoms. The predicted molar refractivity (Wildman–Crippen MR) is 81.9 cm³/mol. The van der Waals surface area contributed by atoms with E-state index >= 15 is 0 Å². The zero-order valence-corrected chi connectivity index (χ0v) is 13.6. The fourth-order valence-electron chi connectivity index (χ4n) is 2.50. The van der Waals surface area contributed by atoms with Gasteiger partial charge in [0.2, 0.25) is 0 Å². The molecule has 0 radical (unpaired) electrons. The minimum Gasteiger partial charge on any atom is -0.355 e. The Morgan fingerprint density at radius 1 is 1.35 bits per heavy atom. The second-order valence-electron chi connectivity index (χ2n) is 5.06. The van der Waals surface area contributed by atoms with Crippen LogP contribution in [0.25, 0.3) is 0 Å². The van der Waals surface area contributed by atoms with E-state index in [4.69, 9.17) is 12.2 Å². The molecule has 2 rings (SSSR count). The highest BCUT2D eigenvalue weighted by Gasteiger charge is 2.33. The summed E-state index contributed by atoms with van der Waals surface area (Å²) < 4.78 is 45.7. The lowest BCUT2D eigenvalue weighted by atomic mass is 10.2. The Kier molecular flexibility index (Phi) is 4.41. The van der Waals surface area contributed by atoms with E-state index in [9.17, 15) is 16.8 Å². The van der Waals surface area contributed by atoms with Gasteiger partial charge in [-0.1, -0.05) is 0 Å². The third-order valence-corrected chi connectivity index (χ3v) is 6.99.